The molecule has 0 aliphatic rings. The Bertz CT molecular complexity index is 612. The summed E-state index contributed by atoms with van der Waals surface area (Å²) in [5.41, 5.74) is 1.64. The molecule has 0 aromatic carbocycles. The van der Waals surface area contributed by atoms with E-state index >= 15 is 0 Å². The lowest BCUT2D eigenvalue weighted by Crippen LogP contribution is -2.13. The van der Waals surface area contributed by atoms with Crippen LogP contribution in [0.4, 0.5) is 5.69 Å². The largest absolute Gasteiger partial charge is 0.384 e. The number of carbonyl (C=O) groups excluding carboxylic acids is 1. The summed E-state index contributed by atoms with van der Waals surface area (Å²) < 4.78 is 0. The first-order valence-electron chi connectivity index (χ1n) is 7.27. The minimum atomic E-state index is -0.158. The summed E-state index contributed by atoms with van der Waals surface area (Å²) in [7, 11) is 0. The van der Waals surface area contributed by atoms with Crippen LogP contribution in [-0.4, -0.2) is 34.1 Å². The van der Waals surface area contributed by atoms with E-state index in [0.29, 0.717) is 24.3 Å². The van der Waals surface area contributed by atoms with Gasteiger partial charge in [-0.1, -0.05) is 18.5 Å². The van der Waals surface area contributed by atoms with Gasteiger partial charge in [0, 0.05) is 30.8 Å². The molecule has 0 aliphatic heterocycles. The second-order valence-corrected chi connectivity index (χ2v) is 5.02. The number of carbonyl (C=O) groups is 1. The number of nitrogens with one attached hydrogen (secondary N) is 2. The molecule has 2 N–H and O–H groups in total. The van der Waals surface area contributed by atoms with Gasteiger partial charge in [0.1, 0.15) is 5.69 Å². The topological polar surface area (TPSA) is 100 Å². The minimum Gasteiger partial charge on any atom is -0.384 e. The zero-order chi connectivity index (χ0) is 15.8. The van der Waals surface area contributed by atoms with Crippen LogP contribution in [0.2, 0.25) is 0 Å². The van der Waals surface area contributed by atoms with Gasteiger partial charge in [-0.3, -0.25) is 14.9 Å². The Hall–Kier alpha value is -2.57. The number of pyridine rings is 1. The maximum atomic E-state index is 12.4. The van der Waals surface area contributed by atoms with Crippen molar-refractivity contribution in [2.75, 3.05) is 18.4 Å². The van der Waals surface area contributed by atoms with E-state index in [2.05, 4.69) is 25.7 Å². The van der Waals surface area contributed by atoms with Crippen LogP contribution in [0, 0.1) is 10.8 Å². The molecule has 2 rings (SSSR count). The third kappa shape index (κ3) is 3.97. The summed E-state index contributed by atoms with van der Waals surface area (Å²) in [5.74, 6) is 0.105. The van der Waals surface area contributed by atoms with E-state index in [4.69, 9.17) is 0 Å². The van der Waals surface area contributed by atoms with Crippen LogP contribution in [-0.2, 0) is 0 Å². The second-order valence-electron chi connectivity index (χ2n) is 5.02. The Balaban J connectivity index is 2.03. The molecule has 7 nitrogen and oxygen atoms in total. The highest BCUT2D eigenvalue weighted by molar-refractivity contribution is 6.10. The first-order valence-corrected chi connectivity index (χ1v) is 7.27. The zero-order valence-electron chi connectivity index (χ0n) is 12.5. The molecule has 1 unspecified atom stereocenters. The maximum absolute atomic E-state index is 12.4. The molecule has 0 aliphatic carbocycles. The lowest BCUT2D eigenvalue weighted by Gasteiger charge is -2.13. The molecule has 1 atom stereocenters. The van der Waals surface area contributed by atoms with Gasteiger partial charge < -0.3 is 5.32 Å². The number of aromatic amines is 1. The van der Waals surface area contributed by atoms with Gasteiger partial charge >= 0.3 is 0 Å². The molecular formula is C15H19N5O2. The first kappa shape index (κ1) is 15.8. The van der Waals surface area contributed by atoms with Gasteiger partial charge in [0.05, 0.1) is 12.1 Å². The molecule has 0 spiro atoms. The van der Waals surface area contributed by atoms with E-state index < -0.39 is 0 Å². The van der Waals surface area contributed by atoms with Crippen molar-refractivity contribution in [1.82, 2.24) is 15.2 Å². The summed E-state index contributed by atoms with van der Waals surface area (Å²) in [6.07, 6.45) is 6.44. The highest BCUT2D eigenvalue weighted by Gasteiger charge is 2.15. The van der Waals surface area contributed by atoms with E-state index in [-0.39, 0.29) is 11.7 Å². The minimum absolute atomic E-state index is 0.158. The van der Waals surface area contributed by atoms with E-state index in [0.717, 1.165) is 18.5 Å². The summed E-state index contributed by atoms with van der Waals surface area (Å²) in [4.78, 5) is 26.7. The molecule has 0 saturated carbocycles. The maximum Gasteiger partial charge on any atom is 0.214 e. The van der Waals surface area contributed by atoms with Crippen molar-refractivity contribution in [3.63, 3.8) is 0 Å². The predicted octanol–water partition coefficient (Wildman–Crippen LogP) is 2.63. The highest BCUT2D eigenvalue weighted by Crippen LogP contribution is 2.18. The van der Waals surface area contributed by atoms with E-state index in [9.17, 15) is 9.70 Å². The summed E-state index contributed by atoms with van der Waals surface area (Å²) in [6.45, 7) is 3.03. The average Bonchev–Trinajstić information content (AvgIpc) is 3.08. The van der Waals surface area contributed by atoms with E-state index in [1.165, 1.54) is 12.4 Å². The number of ketones is 1. The number of hydrogen-bond donors (Lipinski definition) is 2. The number of hydrogen-bond acceptors (Lipinski definition) is 6. The normalized spacial score (nSPS) is 11.9. The van der Waals surface area contributed by atoms with Gasteiger partial charge in [-0.05, 0) is 24.5 Å². The van der Waals surface area contributed by atoms with Crippen molar-refractivity contribution in [2.45, 2.75) is 19.8 Å². The van der Waals surface area contributed by atoms with Crippen molar-refractivity contribution in [1.29, 1.82) is 0 Å². The second kappa shape index (κ2) is 8.02. The van der Waals surface area contributed by atoms with Crippen LogP contribution in [0.5, 0.6) is 0 Å². The molecule has 22 heavy (non-hydrogen) atoms. The van der Waals surface area contributed by atoms with Gasteiger partial charge in [-0.15, -0.1) is 0 Å². The van der Waals surface area contributed by atoms with Gasteiger partial charge in [0.2, 0.25) is 5.78 Å². The Kier molecular flexibility index (Phi) is 5.76. The van der Waals surface area contributed by atoms with Gasteiger partial charge in [0.25, 0.3) is 0 Å². The summed E-state index contributed by atoms with van der Waals surface area (Å²) in [5, 5.41) is 12.6. The third-order valence-electron chi connectivity index (χ3n) is 3.59. The fourth-order valence-corrected chi connectivity index (χ4v) is 2.20. The van der Waals surface area contributed by atoms with Crippen molar-refractivity contribution in [3.05, 3.63) is 46.9 Å². The molecule has 116 valence electrons. The number of nitrogens with zero attached hydrogens (tertiary/aromatic N) is 3. The number of H-pyrrole nitrogens is 1. The fraction of sp³-hybridized carbons (Fsp3) is 0.400. The van der Waals surface area contributed by atoms with Gasteiger partial charge in [-0.25, -0.2) is 0 Å². The first-order chi connectivity index (χ1) is 10.8. The van der Waals surface area contributed by atoms with Gasteiger partial charge in [0.15, 0.2) is 0 Å². The number of aromatic nitrogens is 3. The van der Waals surface area contributed by atoms with Crippen molar-refractivity contribution < 1.29 is 4.79 Å². The van der Waals surface area contributed by atoms with Crippen LogP contribution < -0.4 is 5.32 Å². The Morgan fingerprint density at radius 1 is 1.41 bits per heavy atom. The molecule has 2 aromatic rings. The van der Waals surface area contributed by atoms with Crippen LogP contribution in [0.15, 0.2) is 35.9 Å². The lowest BCUT2D eigenvalue weighted by molar-refractivity contribution is 0.103. The molecule has 2 aromatic heterocycles. The fourth-order valence-electron chi connectivity index (χ4n) is 2.20. The molecule has 2 heterocycles. The monoisotopic (exact) mass is 301 g/mol. The zero-order valence-corrected chi connectivity index (χ0v) is 12.5. The molecule has 7 heteroatoms. The predicted molar refractivity (Wildman–Crippen MR) is 83.8 cm³/mol. The van der Waals surface area contributed by atoms with Crippen molar-refractivity contribution >= 4 is 11.5 Å². The summed E-state index contributed by atoms with van der Waals surface area (Å²) >= 11 is 0. The standard InChI is InChI=1S/C15H19N5O2/c1-2-11(9-19-22)3-7-17-13-4-6-16-10-12(13)15(21)14-5-8-18-20-14/h4-6,8,10-11H,2-3,7,9H2,1H3,(H,16,17)(H,18,20). The van der Waals surface area contributed by atoms with Crippen molar-refractivity contribution in [3.8, 4) is 0 Å². The Morgan fingerprint density at radius 3 is 2.95 bits per heavy atom. The SMILES string of the molecule is CCC(CCNc1ccncc1C(=O)c1ccn[nH]1)CN=O. The molecule has 0 saturated heterocycles. The van der Waals surface area contributed by atoms with Crippen molar-refractivity contribution in [2.24, 2.45) is 11.1 Å². The van der Waals surface area contributed by atoms with Gasteiger partial charge in [-0.2, -0.15) is 10.0 Å². The molecular weight excluding hydrogens is 282 g/mol. The molecule has 0 fully saturated rings. The molecule has 0 radical (unpaired) electrons. The van der Waals surface area contributed by atoms with E-state index in [1.54, 1.807) is 18.3 Å². The average molecular weight is 301 g/mol. The third-order valence-corrected chi connectivity index (χ3v) is 3.59. The number of rotatable bonds is 9. The molecule has 0 amide bonds. The molecule has 0 bridgehead atoms. The van der Waals surface area contributed by atoms with Crippen LogP contribution >= 0.6 is 0 Å². The smallest absolute Gasteiger partial charge is 0.214 e. The lowest BCUT2D eigenvalue weighted by atomic mass is 10.0. The van der Waals surface area contributed by atoms with E-state index in [1.807, 2.05) is 6.92 Å². The highest BCUT2D eigenvalue weighted by atomic mass is 16.3. The van der Waals surface area contributed by atoms with Crippen LogP contribution in [0.3, 0.4) is 0 Å². The van der Waals surface area contributed by atoms with Crippen LogP contribution in [0.25, 0.3) is 0 Å². The number of nitroso groups, excluding NO2 is 1. The summed E-state index contributed by atoms with van der Waals surface area (Å²) in [6, 6.07) is 3.39. The Labute approximate surface area is 128 Å². The quantitative estimate of drug-likeness (QED) is 0.548. The number of anilines is 1. The Morgan fingerprint density at radius 2 is 2.27 bits per heavy atom. The van der Waals surface area contributed by atoms with Crippen LogP contribution in [0.1, 0.15) is 35.8 Å².